The van der Waals surface area contributed by atoms with Crippen LogP contribution in [0.1, 0.15) is 40.5 Å². The van der Waals surface area contributed by atoms with Crippen LogP contribution in [0.25, 0.3) is 0 Å². The third kappa shape index (κ3) is 5.11. The molecule has 1 heterocycles. The maximum absolute atomic E-state index is 12.5. The quantitative estimate of drug-likeness (QED) is 0.798. The molecule has 5 heteroatoms. The molecule has 140 valence electrons. The molecule has 0 aromatic heterocycles. The van der Waals surface area contributed by atoms with Gasteiger partial charge < -0.3 is 5.32 Å². The molecule has 0 saturated carbocycles. The zero-order valence-electron chi connectivity index (χ0n) is 15.5. The van der Waals surface area contributed by atoms with Crippen molar-refractivity contribution in [1.29, 1.82) is 0 Å². The van der Waals surface area contributed by atoms with Crippen LogP contribution in [0.5, 0.6) is 0 Å². The number of carbonyl (C=O) groups is 3. The molecule has 0 radical (unpaired) electrons. The summed E-state index contributed by atoms with van der Waals surface area (Å²) >= 11 is 0. The zero-order chi connectivity index (χ0) is 19.2. The van der Waals surface area contributed by atoms with E-state index in [1.54, 1.807) is 24.3 Å². The maximum Gasteiger partial charge on any atom is 0.238 e. The third-order valence-corrected chi connectivity index (χ3v) is 4.94. The molecule has 0 spiro atoms. The highest BCUT2D eigenvalue weighted by atomic mass is 16.2. The summed E-state index contributed by atoms with van der Waals surface area (Å²) in [7, 11) is 0. The van der Waals surface area contributed by atoms with Crippen LogP contribution in [0, 0.1) is 5.92 Å². The molecule has 1 fully saturated rings. The fourth-order valence-electron chi connectivity index (χ4n) is 3.41. The number of ketones is 2. The summed E-state index contributed by atoms with van der Waals surface area (Å²) in [6.45, 7) is 3.24. The average molecular weight is 364 g/mol. The highest BCUT2D eigenvalue weighted by molar-refractivity contribution is 5.98. The smallest absolute Gasteiger partial charge is 0.238 e. The van der Waals surface area contributed by atoms with E-state index < -0.39 is 0 Å². The summed E-state index contributed by atoms with van der Waals surface area (Å²) in [4.78, 5) is 38.3. The summed E-state index contributed by atoms with van der Waals surface area (Å²) in [5.74, 6) is 0.0829. The minimum absolute atomic E-state index is 0.0268. The molecule has 5 nitrogen and oxygen atoms in total. The minimum Gasteiger partial charge on any atom is -0.325 e. The van der Waals surface area contributed by atoms with Crippen molar-refractivity contribution in [2.45, 2.75) is 19.8 Å². The summed E-state index contributed by atoms with van der Waals surface area (Å²) in [5.41, 5.74) is 1.97. The number of nitrogens with one attached hydrogen (secondary N) is 1. The molecular formula is C22H24N2O3. The van der Waals surface area contributed by atoms with Crippen LogP contribution in [0.15, 0.2) is 54.6 Å². The Hall–Kier alpha value is -2.79. The van der Waals surface area contributed by atoms with E-state index in [2.05, 4.69) is 10.2 Å². The van der Waals surface area contributed by atoms with Crippen molar-refractivity contribution >= 4 is 23.2 Å². The number of piperidine rings is 1. The van der Waals surface area contributed by atoms with Gasteiger partial charge in [0.15, 0.2) is 11.6 Å². The van der Waals surface area contributed by atoms with Crippen molar-refractivity contribution in [2.24, 2.45) is 5.92 Å². The Balaban J connectivity index is 1.49. The molecule has 2 aromatic carbocycles. The van der Waals surface area contributed by atoms with E-state index in [-0.39, 0.29) is 29.9 Å². The predicted molar refractivity (Wildman–Crippen MR) is 105 cm³/mol. The van der Waals surface area contributed by atoms with Gasteiger partial charge in [0.1, 0.15) is 0 Å². The van der Waals surface area contributed by atoms with Crippen molar-refractivity contribution in [3.63, 3.8) is 0 Å². The van der Waals surface area contributed by atoms with E-state index in [4.69, 9.17) is 0 Å². The number of carbonyl (C=O) groups excluding carboxylic acids is 3. The molecular weight excluding hydrogens is 340 g/mol. The second-order valence-electron chi connectivity index (χ2n) is 6.97. The SMILES string of the molecule is CC(=O)c1cccc(NC(=O)CN2CCC(C(=O)c3ccccc3)CC2)c1. The fourth-order valence-corrected chi connectivity index (χ4v) is 3.41. The molecule has 0 aliphatic carbocycles. The first-order valence-corrected chi connectivity index (χ1v) is 9.25. The number of rotatable bonds is 6. The van der Waals surface area contributed by atoms with Gasteiger partial charge in [-0.1, -0.05) is 42.5 Å². The monoisotopic (exact) mass is 364 g/mol. The van der Waals surface area contributed by atoms with Crippen LogP contribution in [-0.2, 0) is 4.79 Å². The molecule has 0 unspecified atom stereocenters. The van der Waals surface area contributed by atoms with Gasteiger partial charge >= 0.3 is 0 Å². The number of amides is 1. The molecule has 0 atom stereocenters. The van der Waals surface area contributed by atoms with E-state index >= 15 is 0 Å². The van der Waals surface area contributed by atoms with Crippen LogP contribution in [0.4, 0.5) is 5.69 Å². The van der Waals surface area contributed by atoms with Crippen molar-refractivity contribution in [1.82, 2.24) is 4.90 Å². The number of likely N-dealkylation sites (tertiary alicyclic amines) is 1. The number of nitrogens with zero attached hydrogens (tertiary/aromatic N) is 1. The molecule has 1 N–H and O–H groups in total. The Morgan fingerprint density at radius 2 is 1.63 bits per heavy atom. The van der Waals surface area contributed by atoms with E-state index in [9.17, 15) is 14.4 Å². The van der Waals surface area contributed by atoms with E-state index in [0.29, 0.717) is 11.3 Å². The number of benzene rings is 2. The maximum atomic E-state index is 12.5. The minimum atomic E-state index is -0.108. The molecule has 1 saturated heterocycles. The number of Topliss-reactive ketones (excluding diaryl/α,β-unsaturated/α-hetero) is 2. The van der Waals surface area contributed by atoms with Gasteiger partial charge in [-0.05, 0) is 45.0 Å². The van der Waals surface area contributed by atoms with E-state index in [1.165, 1.54) is 6.92 Å². The van der Waals surface area contributed by atoms with Crippen LogP contribution in [0.3, 0.4) is 0 Å². The Kier molecular flexibility index (Phi) is 6.14. The second kappa shape index (κ2) is 8.73. The van der Waals surface area contributed by atoms with Crippen LogP contribution < -0.4 is 5.32 Å². The van der Waals surface area contributed by atoms with Crippen LogP contribution in [0.2, 0.25) is 0 Å². The number of hydrogen-bond acceptors (Lipinski definition) is 4. The standard InChI is InChI=1S/C22H24N2O3/c1-16(25)19-8-5-9-20(14-19)23-21(26)15-24-12-10-18(11-13-24)22(27)17-6-3-2-4-7-17/h2-9,14,18H,10-13,15H2,1H3,(H,23,26). The van der Waals surface area contributed by atoms with E-state index in [0.717, 1.165) is 31.5 Å². The molecule has 27 heavy (non-hydrogen) atoms. The molecule has 1 amide bonds. The Labute approximate surface area is 159 Å². The van der Waals surface area contributed by atoms with Gasteiger partial charge in [0.05, 0.1) is 6.54 Å². The lowest BCUT2D eigenvalue weighted by atomic mass is 9.89. The Morgan fingerprint density at radius 1 is 0.963 bits per heavy atom. The first-order chi connectivity index (χ1) is 13.0. The van der Waals surface area contributed by atoms with Crippen molar-refractivity contribution < 1.29 is 14.4 Å². The third-order valence-electron chi connectivity index (χ3n) is 4.94. The van der Waals surface area contributed by atoms with Crippen LogP contribution in [-0.4, -0.2) is 42.0 Å². The topological polar surface area (TPSA) is 66.5 Å². The van der Waals surface area contributed by atoms with Crippen molar-refractivity contribution in [3.05, 3.63) is 65.7 Å². The van der Waals surface area contributed by atoms with Gasteiger partial charge in [-0.3, -0.25) is 19.3 Å². The van der Waals surface area contributed by atoms with Crippen molar-refractivity contribution in [3.8, 4) is 0 Å². The first-order valence-electron chi connectivity index (χ1n) is 9.25. The Morgan fingerprint density at radius 3 is 2.30 bits per heavy atom. The summed E-state index contributed by atoms with van der Waals surface area (Å²) in [6.07, 6.45) is 1.53. The number of anilines is 1. The molecule has 2 aromatic rings. The van der Waals surface area contributed by atoms with E-state index in [1.807, 2.05) is 30.3 Å². The predicted octanol–water partition coefficient (Wildman–Crippen LogP) is 3.42. The van der Waals surface area contributed by atoms with Gasteiger partial charge in [0.25, 0.3) is 0 Å². The average Bonchev–Trinajstić information content (AvgIpc) is 2.69. The van der Waals surface area contributed by atoms with Gasteiger partial charge in [0, 0.05) is 22.7 Å². The van der Waals surface area contributed by atoms with Gasteiger partial charge in [-0.15, -0.1) is 0 Å². The van der Waals surface area contributed by atoms with Gasteiger partial charge in [-0.2, -0.15) is 0 Å². The van der Waals surface area contributed by atoms with Crippen LogP contribution >= 0.6 is 0 Å². The lowest BCUT2D eigenvalue weighted by Gasteiger charge is -2.30. The summed E-state index contributed by atoms with van der Waals surface area (Å²) < 4.78 is 0. The summed E-state index contributed by atoms with van der Waals surface area (Å²) in [6, 6.07) is 16.3. The Bertz CT molecular complexity index is 824. The van der Waals surface area contributed by atoms with Crippen molar-refractivity contribution in [2.75, 3.05) is 25.0 Å². The fraction of sp³-hybridized carbons (Fsp3) is 0.318. The largest absolute Gasteiger partial charge is 0.325 e. The zero-order valence-corrected chi connectivity index (χ0v) is 15.5. The highest BCUT2D eigenvalue weighted by Gasteiger charge is 2.26. The summed E-state index contributed by atoms with van der Waals surface area (Å²) in [5, 5.41) is 2.84. The lowest BCUT2D eigenvalue weighted by molar-refractivity contribution is -0.117. The second-order valence-corrected chi connectivity index (χ2v) is 6.97. The molecule has 3 rings (SSSR count). The van der Waals surface area contributed by atoms with Gasteiger partial charge in [0.2, 0.25) is 5.91 Å². The lowest BCUT2D eigenvalue weighted by Crippen LogP contribution is -2.40. The first kappa shape index (κ1) is 19.0. The highest BCUT2D eigenvalue weighted by Crippen LogP contribution is 2.21. The molecule has 0 bridgehead atoms. The molecule has 1 aliphatic heterocycles. The normalized spacial score (nSPS) is 15.3. The van der Waals surface area contributed by atoms with Gasteiger partial charge in [-0.25, -0.2) is 0 Å². The number of hydrogen-bond donors (Lipinski definition) is 1. The molecule has 1 aliphatic rings.